The van der Waals surface area contributed by atoms with Crippen LogP contribution in [0.3, 0.4) is 0 Å². The summed E-state index contributed by atoms with van der Waals surface area (Å²) < 4.78 is 5.16. The number of allylic oxidation sites excluding steroid dienone is 1. The summed E-state index contributed by atoms with van der Waals surface area (Å²) in [6, 6.07) is 13.5. The van der Waals surface area contributed by atoms with Crippen LogP contribution in [0, 0.1) is 21.4 Å². The van der Waals surface area contributed by atoms with Gasteiger partial charge in [-0.05, 0) is 23.8 Å². The molecule has 1 heterocycles. The summed E-state index contributed by atoms with van der Waals surface area (Å²) in [5.74, 6) is 1.08. The van der Waals surface area contributed by atoms with Crippen molar-refractivity contribution in [3.63, 3.8) is 0 Å². The molecule has 0 aliphatic carbocycles. The molecule has 7 nitrogen and oxygen atoms in total. The summed E-state index contributed by atoms with van der Waals surface area (Å²) in [6.07, 6.45) is 1.56. The topological polar surface area (TPSA) is 105 Å². The summed E-state index contributed by atoms with van der Waals surface area (Å²) in [4.78, 5) is 17.8. The van der Waals surface area contributed by atoms with Crippen LogP contribution in [0.15, 0.2) is 42.5 Å². The second-order valence-corrected chi connectivity index (χ2v) is 4.99. The van der Waals surface area contributed by atoms with Gasteiger partial charge in [0.15, 0.2) is 0 Å². The number of rotatable bonds is 4. The Morgan fingerprint density at radius 2 is 2.21 bits per heavy atom. The first-order chi connectivity index (χ1) is 11.6. The van der Waals surface area contributed by atoms with E-state index >= 15 is 0 Å². The second-order valence-electron chi connectivity index (χ2n) is 4.99. The molecule has 0 unspecified atom stereocenters. The highest BCUT2D eigenvalue weighted by molar-refractivity contribution is 5.90. The van der Waals surface area contributed by atoms with Gasteiger partial charge in [-0.15, -0.1) is 0 Å². The molecule has 0 atom stereocenters. The minimum Gasteiger partial charge on any atom is -0.497 e. The van der Waals surface area contributed by atoms with E-state index in [-0.39, 0.29) is 11.3 Å². The molecule has 0 fully saturated rings. The zero-order chi connectivity index (χ0) is 17.1. The fraction of sp³-hybridized carbons (Fsp3) is 0.0588. The largest absolute Gasteiger partial charge is 0.497 e. The van der Waals surface area contributed by atoms with Crippen molar-refractivity contribution in [1.29, 1.82) is 5.26 Å². The van der Waals surface area contributed by atoms with E-state index in [0.717, 1.165) is 5.52 Å². The van der Waals surface area contributed by atoms with E-state index in [1.165, 1.54) is 12.1 Å². The molecule has 2 aromatic carbocycles. The second kappa shape index (κ2) is 6.22. The quantitative estimate of drug-likeness (QED) is 0.449. The molecular formula is C17H12N4O3. The van der Waals surface area contributed by atoms with Gasteiger partial charge in [0.1, 0.15) is 17.6 Å². The third-order valence-electron chi connectivity index (χ3n) is 3.46. The molecule has 0 saturated carbocycles. The summed E-state index contributed by atoms with van der Waals surface area (Å²) in [7, 11) is 1.57. The molecule has 0 aliphatic heterocycles. The Labute approximate surface area is 137 Å². The van der Waals surface area contributed by atoms with Gasteiger partial charge in [-0.3, -0.25) is 10.1 Å². The first kappa shape index (κ1) is 15.2. The van der Waals surface area contributed by atoms with E-state index in [0.29, 0.717) is 22.7 Å². The van der Waals surface area contributed by atoms with Crippen LogP contribution in [0.4, 0.5) is 5.69 Å². The van der Waals surface area contributed by atoms with Crippen molar-refractivity contribution < 1.29 is 9.66 Å². The Hall–Kier alpha value is -3.66. The predicted molar refractivity (Wildman–Crippen MR) is 89.2 cm³/mol. The first-order valence-corrected chi connectivity index (χ1v) is 7.01. The molecule has 24 heavy (non-hydrogen) atoms. The molecule has 0 radical (unpaired) electrons. The molecule has 1 N–H and O–H groups in total. The number of benzene rings is 2. The Morgan fingerprint density at radius 1 is 1.38 bits per heavy atom. The highest BCUT2D eigenvalue weighted by Gasteiger charge is 2.10. The van der Waals surface area contributed by atoms with E-state index in [2.05, 4.69) is 16.0 Å². The SMILES string of the molecule is COc1ccc2nc(C(C#N)=Cc3cccc([N+](=O)[O-])c3)[nH]c2c1. The number of nitriles is 1. The van der Waals surface area contributed by atoms with Crippen molar-refractivity contribution in [3.8, 4) is 11.8 Å². The maximum Gasteiger partial charge on any atom is 0.270 e. The van der Waals surface area contributed by atoms with Crippen molar-refractivity contribution in [2.24, 2.45) is 0 Å². The lowest BCUT2D eigenvalue weighted by molar-refractivity contribution is -0.384. The number of hydrogen-bond donors (Lipinski definition) is 1. The summed E-state index contributed by atoms with van der Waals surface area (Å²) in [5, 5.41) is 20.3. The van der Waals surface area contributed by atoms with E-state index < -0.39 is 4.92 Å². The molecule has 0 bridgehead atoms. The van der Waals surface area contributed by atoms with Crippen LogP contribution in [0.5, 0.6) is 5.75 Å². The number of nitro groups is 1. The number of nitrogens with zero attached hydrogens (tertiary/aromatic N) is 3. The number of aromatic amines is 1. The van der Waals surface area contributed by atoms with Gasteiger partial charge < -0.3 is 9.72 Å². The fourth-order valence-electron chi connectivity index (χ4n) is 2.29. The third-order valence-corrected chi connectivity index (χ3v) is 3.46. The average molecular weight is 320 g/mol. The van der Waals surface area contributed by atoms with Crippen molar-refractivity contribution in [2.75, 3.05) is 7.11 Å². The molecule has 0 aliphatic rings. The maximum atomic E-state index is 10.8. The van der Waals surface area contributed by atoms with Gasteiger partial charge in [0, 0.05) is 18.2 Å². The van der Waals surface area contributed by atoms with Gasteiger partial charge >= 0.3 is 0 Å². The number of non-ortho nitro benzene ring substituents is 1. The minimum absolute atomic E-state index is 0.0321. The average Bonchev–Trinajstić information content (AvgIpc) is 3.02. The highest BCUT2D eigenvalue weighted by Crippen LogP contribution is 2.23. The zero-order valence-corrected chi connectivity index (χ0v) is 12.7. The number of fused-ring (bicyclic) bond motifs is 1. The smallest absolute Gasteiger partial charge is 0.270 e. The normalized spacial score (nSPS) is 11.2. The van der Waals surface area contributed by atoms with Crippen molar-refractivity contribution >= 4 is 28.4 Å². The van der Waals surface area contributed by atoms with Crippen LogP contribution in [0.25, 0.3) is 22.7 Å². The highest BCUT2D eigenvalue weighted by atomic mass is 16.6. The van der Waals surface area contributed by atoms with Crippen LogP contribution in [-0.4, -0.2) is 22.0 Å². The monoisotopic (exact) mass is 320 g/mol. The lowest BCUT2D eigenvalue weighted by Crippen LogP contribution is -1.89. The van der Waals surface area contributed by atoms with Crippen LogP contribution in [0.2, 0.25) is 0 Å². The molecule has 0 amide bonds. The van der Waals surface area contributed by atoms with Crippen LogP contribution < -0.4 is 4.74 Å². The lowest BCUT2D eigenvalue weighted by Gasteiger charge is -1.97. The Kier molecular flexibility index (Phi) is 3.95. The van der Waals surface area contributed by atoms with Gasteiger partial charge in [0.05, 0.1) is 28.6 Å². The summed E-state index contributed by atoms with van der Waals surface area (Å²) >= 11 is 0. The molecule has 0 saturated heterocycles. The van der Waals surface area contributed by atoms with E-state index in [1.807, 2.05) is 0 Å². The van der Waals surface area contributed by atoms with Gasteiger partial charge in [-0.1, -0.05) is 12.1 Å². The van der Waals surface area contributed by atoms with Crippen LogP contribution in [-0.2, 0) is 0 Å². The van der Waals surface area contributed by atoms with Gasteiger partial charge in [-0.25, -0.2) is 4.98 Å². The number of ether oxygens (including phenoxy) is 1. The van der Waals surface area contributed by atoms with Gasteiger partial charge in [-0.2, -0.15) is 5.26 Å². The zero-order valence-electron chi connectivity index (χ0n) is 12.7. The Balaban J connectivity index is 2.04. The standard InChI is InChI=1S/C17H12N4O3/c1-24-14-5-6-15-16(9-14)20-17(19-15)12(10-18)7-11-3-2-4-13(8-11)21(22)23/h2-9H,1H3,(H,19,20). The Morgan fingerprint density at radius 3 is 2.92 bits per heavy atom. The van der Waals surface area contributed by atoms with Gasteiger partial charge in [0.2, 0.25) is 0 Å². The van der Waals surface area contributed by atoms with E-state index in [9.17, 15) is 15.4 Å². The molecule has 0 spiro atoms. The molecule has 1 aromatic heterocycles. The molecule has 7 heteroatoms. The fourth-order valence-corrected chi connectivity index (χ4v) is 2.29. The molecular weight excluding hydrogens is 308 g/mol. The maximum absolute atomic E-state index is 10.8. The predicted octanol–water partition coefficient (Wildman–Crippen LogP) is 3.54. The van der Waals surface area contributed by atoms with Crippen molar-refractivity contribution in [3.05, 3.63) is 64.0 Å². The lowest BCUT2D eigenvalue weighted by atomic mass is 10.1. The Bertz CT molecular complexity index is 998. The third kappa shape index (κ3) is 2.94. The van der Waals surface area contributed by atoms with Gasteiger partial charge in [0.25, 0.3) is 5.69 Å². The van der Waals surface area contributed by atoms with Crippen LogP contribution in [0.1, 0.15) is 11.4 Å². The summed E-state index contributed by atoms with van der Waals surface area (Å²) in [6.45, 7) is 0. The van der Waals surface area contributed by atoms with E-state index in [4.69, 9.17) is 4.74 Å². The number of nitrogens with one attached hydrogen (secondary N) is 1. The van der Waals surface area contributed by atoms with E-state index in [1.54, 1.807) is 43.5 Å². The number of methoxy groups -OCH3 is 1. The number of aromatic nitrogens is 2. The number of H-pyrrole nitrogens is 1. The number of imidazole rings is 1. The van der Waals surface area contributed by atoms with Crippen molar-refractivity contribution in [2.45, 2.75) is 0 Å². The minimum atomic E-state index is -0.475. The van der Waals surface area contributed by atoms with Crippen molar-refractivity contribution in [1.82, 2.24) is 9.97 Å². The van der Waals surface area contributed by atoms with Crippen LogP contribution >= 0.6 is 0 Å². The summed E-state index contributed by atoms with van der Waals surface area (Å²) in [5.41, 5.74) is 2.25. The molecule has 118 valence electrons. The molecule has 3 aromatic rings. The first-order valence-electron chi connectivity index (χ1n) is 7.01. The number of nitro benzene ring substituents is 1. The number of hydrogen-bond acceptors (Lipinski definition) is 5. The molecule has 3 rings (SSSR count).